The Balaban J connectivity index is 2.38. The Morgan fingerprint density at radius 1 is 1.42 bits per heavy atom. The molecule has 0 bridgehead atoms. The Kier molecular flexibility index (Phi) is 4.38. The lowest BCUT2D eigenvalue weighted by molar-refractivity contribution is -0.00876. The summed E-state index contributed by atoms with van der Waals surface area (Å²) in [6.45, 7) is -0.0981. The van der Waals surface area contributed by atoms with Crippen molar-refractivity contribution < 1.29 is 10.2 Å². The summed E-state index contributed by atoms with van der Waals surface area (Å²) in [5.41, 5.74) is -0.576. The van der Waals surface area contributed by atoms with Crippen molar-refractivity contribution in [2.75, 3.05) is 13.2 Å². The van der Waals surface area contributed by atoms with Crippen LogP contribution in [-0.4, -0.2) is 33.0 Å². The predicted molar refractivity (Wildman–Crippen MR) is 74.1 cm³/mol. The largest absolute Gasteiger partial charge is 0.396 e. The van der Waals surface area contributed by atoms with E-state index in [-0.39, 0.29) is 31.1 Å². The highest BCUT2D eigenvalue weighted by molar-refractivity contribution is 9.11. The zero-order valence-electron chi connectivity index (χ0n) is 10.1. The maximum absolute atomic E-state index is 11.8. The molecule has 3 atom stereocenters. The number of aromatic nitrogens is 2. The Labute approximate surface area is 117 Å². The lowest BCUT2D eigenvalue weighted by Gasteiger charge is -2.43. The number of halogens is 1. The molecular formula is C12H15BrN2O4. The van der Waals surface area contributed by atoms with Crippen LogP contribution in [-0.2, 0) is 0 Å². The van der Waals surface area contributed by atoms with E-state index in [0.29, 0.717) is 12.0 Å². The number of rotatable bonds is 4. The van der Waals surface area contributed by atoms with Crippen molar-refractivity contribution in [3.8, 4) is 0 Å². The van der Waals surface area contributed by atoms with E-state index in [1.807, 2.05) is 0 Å². The van der Waals surface area contributed by atoms with Crippen LogP contribution in [0.3, 0.4) is 0 Å². The SMILES string of the molecule is O=c1[nH]c(=O)n(C2C[C@H](CO)[C@H]2CO)cc1/C=C/Br. The first kappa shape index (κ1) is 14.2. The molecule has 1 aliphatic carbocycles. The average molecular weight is 331 g/mol. The summed E-state index contributed by atoms with van der Waals surface area (Å²) in [5.74, 6) is -0.154. The van der Waals surface area contributed by atoms with Gasteiger partial charge in [0.2, 0.25) is 0 Å². The smallest absolute Gasteiger partial charge is 0.328 e. The van der Waals surface area contributed by atoms with Crippen LogP contribution in [0.15, 0.2) is 20.8 Å². The maximum Gasteiger partial charge on any atom is 0.328 e. The molecule has 3 N–H and O–H groups in total. The lowest BCUT2D eigenvalue weighted by Crippen LogP contribution is -2.47. The third kappa shape index (κ3) is 2.58. The molecule has 7 heteroatoms. The number of nitrogens with one attached hydrogen (secondary N) is 1. The molecule has 0 spiro atoms. The Hall–Kier alpha value is -1.18. The van der Waals surface area contributed by atoms with Crippen LogP contribution in [0.4, 0.5) is 0 Å². The standard InChI is InChI=1S/C12H15BrN2O4/c13-2-1-7-4-15(12(19)14-11(7)18)10-3-8(5-16)9(10)6-17/h1-2,4,8-10,16-17H,3,5-6H2,(H,14,18,19)/b2-1+/t8-,9-,10?/m1/s1. The molecule has 1 aliphatic rings. The highest BCUT2D eigenvalue weighted by Gasteiger charge is 2.41. The number of nitrogens with zero attached hydrogens (tertiary/aromatic N) is 1. The van der Waals surface area contributed by atoms with Crippen LogP contribution in [0.25, 0.3) is 6.08 Å². The molecule has 0 radical (unpaired) electrons. The Bertz CT molecular complexity index is 592. The molecule has 1 unspecified atom stereocenters. The summed E-state index contributed by atoms with van der Waals surface area (Å²) in [5, 5.41) is 18.4. The van der Waals surface area contributed by atoms with Crippen molar-refractivity contribution in [2.24, 2.45) is 11.8 Å². The number of aliphatic hydroxyl groups is 2. The maximum atomic E-state index is 11.8. The molecule has 1 aromatic rings. The third-order valence-corrected chi connectivity index (χ3v) is 3.95. The van der Waals surface area contributed by atoms with Crippen molar-refractivity contribution in [3.05, 3.63) is 37.6 Å². The molecular weight excluding hydrogens is 316 g/mol. The molecule has 1 fully saturated rings. The number of aliphatic hydroxyl groups excluding tert-OH is 2. The summed E-state index contributed by atoms with van der Waals surface area (Å²) < 4.78 is 1.43. The molecule has 0 saturated heterocycles. The number of aromatic amines is 1. The van der Waals surface area contributed by atoms with E-state index >= 15 is 0 Å². The first-order valence-electron chi connectivity index (χ1n) is 5.96. The minimum absolute atomic E-state index is 0.00370. The molecule has 2 rings (SSSR count). The van der Waals surface area contributed by atoms with E-state index in [2.05, 4.69) is 20.9 Å². The van der Waals surface area contributed by atoms with Crippen molar-refractivity contribution in [1.82, 2.24) is 9.55 Å². The van der Waals surface area contributed by atoms with Crippen molar-refractivity contribution in [2.45, 2.75) is 12.5 Å². The second-order valence-corrected chi connectivity index (χ2v) is 5.16. The van der Waals surface area contributed by atoms with Gasteiger partial charge in [-0.1, -0.05) is 15.9 Å². The van der Waals surface area contributed by atoms with Gasteiger partial charge in [-0.3, -0.25) is 14.3 Å². The predicted octanol–water partition coefficient (Wildman–Crippen LogP) is 0.0640. The molecule has 0 aromatic carbocycles. The van der Waals surface area contributed by atoms with Gasteiger partial charge in [-0.25, -0.2) is 4.79 Å². The third-order valence-electron chi connectivity index (χ3n) is 3.68. The fourth-order valence-corrected chi connectivity index (χ4v) is 2.80. The number of hydrogen-bond donors (Lipinski definition) is 3. The van der Waals surface area contributed by atoms with Gasteiger partial charge in [0.15, 0.2) is 0 Å². The van der Waals surface area contributed by atoms with E-state index in [1.165, 1.54) is 15.7 Å². The second-order valence-electron chi connectivity index (χ2n) is 4.64. The normalized spacial score (nSPS) is 26.6. The summed E-state index contributed by atoms with van der Waals surface area (Å²) >= 11 is 3.08. The van der Waals surface area contributed by atoms with Crippen molar-refractivity contribution in [1.29, 1.82) is 0 Å². The molecule has 0 amide bonds. The fourth-order valence-electron chi connectivity index (χ4n) is 2.51. The summed E-state index contributed by atoms with van der Waals surface area (Å²) in [6.07, 6.45) is 3.65. The van der Waals surface area contributed by atoms with E-state index in [9.17, 15) is 14.7 Å². The van der Waals surface area contributed by atoms with Crippen LogP contribution < -0.4 is 11.2 Å². The minimum atomic E-state index is -0.489. The number of H-pyrrole nitrogens is 1. The van der Waals surface area contributed by atoms with Gasteiger partial charge >= 0.3 is 5.69 Å². The van der Waals surface area contributed by atoms with Crippen LogP contribution in [0.2, 0.25) is 0 Å². The highest BCUT2D eigenvalue weighted by atomic mass is 79.9. The van der Waals surface area contributed by atoms with E-state index < -0.39 is 11.2 Å². The van der Waals surface area contributed by atoms with Gasteiger partial charge in [-0.05, 0) is 23.4 Å². The minimum Gasteiger partial charge on any atom is -0.396 e. The van der Waals surface area contributed by atoms with E-state index in [0.717, 1.165) is 0 Å². The second kappa shape index (κ2) is 5.85. The summed E-state index contributed by atoms with van der Waals surface area (Å²) in [7, 11) is 0. The van der Waals surface area contributed by atoms with Crippen molar-refractivity contribution in [3.63, 3.8) is 0 Å². The molecule has 6 nitrogen and oxygen atoms in total. The topological polar surface area (TPSA) is 95.3 Å². The first-order valence-corrected chi connectivity index (χ1v) is 6.87. The fraction of sp³-hybridized carbons (Fsp3) is 0.500. The monoisotopic (exact) mass is 330 g/mol. The van der Waals surface area contributed by atoms with Crippen molar-refractivity contribution >= 4 is 22.0 Å². The van der Waals surface area contributed by atoms with Crippen LogP contribution >= 0.6 is 15.9 Å². The van der Waals surface area contributed by atoms with Gasteiger partial charge in [0, 0.05) is 31.4 Å². The number of hydrogen-bond acceptors (Lipinski definition) is 4. The van der Waals surface area contributed by atoms with Crippen LogP contribution in [0.1, 0.15) is 18.0 Å². The molecule has 1 heterocycles. The summed E-state index contributed by atoms with van der Waals surface area (Å²) in [6, 6.07) is -0.186. The zero-order chi connectivity index (χ0) is 14.0. The molecule has 1 aromatic heterocycles. The quantitative estimate of drug-likeness (QED) is 0.727. The van der Waals surface area contributed by atoms with Gasteiger partial charge in [0.25, 0.3) is 5.56 Å². The van der Waals surface area contributed by atoms with Gasteiger partial charge < -0.3 is 10.2 Å². The average Bonchev–Trinajstić information content (AvgIpc) is 2.34. The van der Waals surface area contributed by atoms with E-state index in [1.54, 1.807) is 6.08 Å². The van der Waals surface area contributed by atoms with Gasteiger partial charge in [-0.2, -0.15) is 0 Å². The Morgan fingerprint density at radius 2 is 2.16 bits per heavy atom. The van der Waals surface area contributed by atoms with Gasteiger partial charge in [0.05, 0.1) is 5.56 Å². The highest BCUT2D eigenvalue weighted by Crippen LogP contribution is 2.42. The molecule has 1 saturated carbocycles. The van der Waals surface area contributed by atoms with Gasteiger partial charge in [0.1, 0.15) is 0 Å². The zero-order valence-corrected chi connectivity index (χ0v) is 11.7. The van der Waals surface area contributed by atoms with Gasteiger partial charge in [-0.15, -0.1) is 0 Å². The summed E-state index contributed by atoms with van der Waals surface area (Å²) in [4.78, 5) is 27.2. The molecule has 104 valence electrons. The lowest BCUT2D eigenvalue weighted by atomic mass is 9.70. The molecule has 0 aliphatic heterocycles. The van der Waals surface area contributed by atoms with Crippen LogP contribution in [0, 0.1) is 11.8 Å². The van der Waals surface area contributed by atoms with E-state index in [4.69, 9.17) is 5.11 Å². The van der Waals surface area contributed by atoms with Crippen LogP contribution in [0.5, 0.6) is 0 Å². The Morgan fingerprint density at radius 3 is 2.74 bits per heavy atom. The molecule has 19 heavy (non-hydrogen) atoms. The first-order chi connectivity index (χ1) is 9.12.